The van der Waals surface area contributed by atoms with Crippen LogP contribution in [0.15, 0.2) is 0 Å². The average Bonchev–Trinajstić information content (AvgIpc) is 2.29. The molecular weight excluding hydrogens is 214 g/mol. The third-order valence-electron chi connectivity index (χ3n) is 4.47. The maximum absolute atomic E-state index is 11.0. The van der Waals surface area contributed by atoms with Crippen molar-refractivity contribution in [2.24, 2.45) is 17.8 Å². The molecule has 0 aliphatic heterocycles. The molecule has 4 atom stereocenters. The summed E-state index contributed by atoms with van der Waals surface area (Å²) in [7, 11) is 0. The minimum Gasteiger partial charge on any atom is -0.481 e. The topological polar surface area (TPSA) is 40.5 Å². The number of carboxylic acids is 1. The number of carbonyl (C=O) groups is 1. The molecule has 17 heavy (non-hydrogen) atoms. The van der Waals surface area contributed by atoms with Crippen LogP contribution in [0.1, 0.15) is 47.0 Å². The smallest absolute Gasteiger partial charge is 0.307 e. The second-order valence-electron chi connectivity index (χ2n) is 5.66. The van der Waals surface area contributed by atoms with Crippen LogP contribution in [0, 0.1) is 17.8 Å². The molecule has 3 heteroatoms. The predicted molar refractivity (Wildman–Crippen MR) is 70.0 cm³/mol. The number of hydrogen-bond donors (Lipinski definition) is 1. The van der Waals surface area contributed by atoms with Gasteiger partial charge in [0.15, 0.2) is 0 Å². The lowest BCUT2D eigenvalue weighted by molar-refractivity contribution is -0.142. The molecule has 100 valence electrons. The zero-order valence-corrected chi connectivity index (χ0v) is 11.6. The molecule has 0 saturated heterocycles. The number of carboxylic acid groups (broad SMARTS) is 1. The van der Waals surface area contributed by atoms with Crippen molar-refractivity contribution in [3.63, 3.8) is 0 Å². The Morgan fingerprint density at radius 2 is 2.06 bits per heavy atom. The molecule has 1 N–H and O–H groups in total. The second kappa shape index (κ2) is 6.39. The van der Waals surface area contributed by atoms with E-state index < -0.39 is 5.97 Å². The molecule has 1 rings (SSSR count). The molecule has 4 unspecified atom stereocenters. The van der Waals surface area contributed by atoms with E-state index in [0.717, 1.165) is 12.5 Å². The lowest BCUT2D eigenvalue weighted by Gasteiger charge is -2.41. The average molecular weight is 241 g/mol. The van der Waals surface area contributed by atoms with Crippen LogP contribution in [-0.2, 0) is 4.79 Å². The molecule has 0 heterocycles. The Balaban J connectivity index is 2.62. The van der Waals surface area contributed by atoms with Gasteiger partial charge in [-0.3, -0.25) is 9.69 Å². The van der Waals surface area contributed by atoms with Crippen LogP contribution in [0.3, 0.4) is 0 Å². The van der Waals surface area contributed by atoms with Crippen molar-refractivity contribution in [2.75, 3.05) is 13.1 Å². The van der Waals surface area contributed by atoms with Crippen molar-refractivity contribution >= 4 is 5.97 Å². The van der Waals surface area contributed by atoms with Crippen LogP contribution in [-0.4, -0.2) is 35.1 Å². The second-order valence-corrected chi connectivity index (χ2v) is 5.66. The fourth-order valence-corrected chi connectivity index (χ4v) is 3.00. The van der Waals surface area contributed by atoms with Crippen molar-refractivity contribution in [3.8, 4) is 0 Å². The minimum absolute atomic E-state index is 0.264. The zero-order valence-electron chi connectivity index (χ0n) is 11.6. The van der Waals surface area contributed by atoms with Crippen LogP contribution in [0.4, 0.5) is 0 Å². The van der Waals surface area contributed by atoms with Crippen molar-refractivity contribution in [1.29, 1.82) is 0 Å². The van der Waals surface area contributed by atoms with Gasteiger partial charge in [-0.15, -0.1) is 0 Å². The van der Waals surface area contributed by atoms with Crippen LogP contribution in [0.2, 0.25) is 0 Å². The molecular formula is C14H27NO2. The Labute approximate surface area is 105 Å². The first-order valence-corrected chi connectivity index (χ1v) is 6.94. The van der Waals surface area contributed by atoms with E-state index in [4.69, 9.17) is 5.11 Å². The highest BCUT2D eigenvalue weighted by molar-refractivity contribution is 5.69. The molecule has 0 aromatic heterocycles. The number of rotatable bonds is 5. The molecule has 0 bridgehead atoms. The first-order valence-electron chi connectivity index (χ1n) is 6.94. The Morgan fingerprint density at radius 3 is 2.59 bits per heavy atom. The van der Waals surface area contributed by atoms with E-state index >= 15 is 0 Å². The Morgan fingerprint density at radius 1 is 1.41 bits per heavy atom. The van der Waals surface area contributed by atoms with Gasteiger partial charge in [0.05, 0.1) is 5.92 Å². The van der Waals surface area contributed by atoms with E-state index in [0.29, 0.717) is 18.5 Å². The standard InChI is InChI=1S/C14H27NO2/c1-5-15(9-11(3)14(16)17)13-8-6-7-10(2)12(13)4/h10-13H,5-9H2,1-4H3,(H,16,17). The molecule has 0 spiro atoms. The highest BCUT2D eigenvalue weighted by atomic mass is 16.4. The van der Waals surface area contributed by atoms with Crippen molar-refractivity contribution < 1.29 is 9.90 Å². The van der Waals surface area contributed by atoms with Gasteiger partial charge in [-0.25, -0.2) is 0 Å². The fourth-order valence-electron chi connectivity index (χ4n) is 3.00. The van der Waals surface area contributed by atoms with Crippen LogP contribution in [0.25, 0.3) is 0 Å². The quantitative estimate of drug-likeness (QED) is 0.804. The lowest BCUT2D eigenvalue weighted by atomic mass is 9.77. The summed E-state index contributed by atoms with van der Waals surface area (Å²) in [6.45, 7) is 10.2. The number of hydrogen-bond acceptors (Lipinski definition) is 2. The van der Waals surface area contributed by atoms with E-state index in [2.05, 4.69) is 25.7 Å². The molecule has 1 fully saturated rings. The Hall–Kier alpha value is -0.570. The van der Waals surface area contributed by atoms with Gasteiger partial charge in [-0.1, -0.05) is 40.5 Å². The van der Waals surface area contributed by atoms with Gasteiger partial charge < -0.3 is 5.11 Å². The normalized spacial score (nSPS) is 31.5. The molecule has 0 aromatic carbocycles. The highest BCUT2D eigenvalue weighted by Gasteiger charge is 2.31. The van der Waals surface area contributed by atoms with Gasteiger partial charge in [-0.2, -0.15) is 0 Å². The van der Waals surface area contributed by atoms with Gasteiger partial charge in [0, 0.05) is 12.6 Å². The number of nitrogens with zero attached hydrogens (tertiary/aromatic N) is 1. The van der Waals surface area contributed by atoms with E-state index in [-0.39, 0.29) is 5.92 Å². The molecule has 0 amide bonds. The van der Waals surface area contributed by atoms with E-state index in [1.165, 1.54) is 19.3 Å². The third kappa shape index (κ3) is 3.70. The minimum atomic E-state index is -0.681. The summed E-state index contributed by atoms with van der Waals surface area (Å²) in [5.74, 6) is 0.506. The first-order chi connectivity index (χ1) is 7.97. The van der Waals surface area contributed by atoms with Crippen molar-refractivity contribution in [3.05, 3.63) is 0 Å². The summed E-state index contributed by atoms with van der Waals surface area (Å²) >= 11 is 0. The van der Waals surface area contributed by atoms with Gasteiger partial charge >= 0.3 is 5.97 Å². The summed E-state index contributed by atoms with van der Waals surface area (Å²) in [5, 5.41) is 9.02. The van der Waals surface area contributed by atoms with Crippen LogP contribution in [0.5, 0.6) is 0 Å². The van der Waals surface area contributed by atoms with Crippen LogP contribution >= 0.6 is 0 Å². The maximum Gasteiger partial charge on any atom is 0.307 e. The van der Waals surface area contributed by atoms with Crippen molar-refractivity contribution in [2.45, 2.75) is 53.0 Å². The summed E-state index contributed by atoms with van der Waals surface area (Å²) in [5.41, 5.74) is 0. The van der Waals surface area contributed by atoms with Crippen LogP contribution < -0.4 is 0 Å². The molecule has 0 radical (unpaired) electrons. The van der Waals surface area contributed by atoms with E-state index in [1.807, 2.05) is 6.92 Å². The predicted octanol–water partition coefficient (Wildman–Crippen LogP) is 2.85. The summed E-state index contributed by atoms with van der Waals surface area (Å²) in [6.07, 6.45) is 3.84. The highest BCUT2D eigenvalue weighted by Crippen LogP contribution is 2.33. The number of aliphatic carboxylic acids is 1. The fraction of sp³-hybridized carbons (Fsp3) is 0.929. The van der Waals surface area contributed by atoms with Gasteiger partial charge in [0.2, 0.25) is 0 Å². The molecule has 1 aliphatic rings. The molecule has 0 aromatic rings. The monoisotopic (exact) mass is 241 g/mol. The summed E-state index contributed by atoms with van der Waals surface area (Å²) in [4.78, 5) is 13.3. The van der Waals surface area contributed by atoms with Gasteiger partial charge in [-0.05, 0) is 24.8 Å². The SMILES string of the molecule is CCN(CC(C)C(=O)O)C1CCCC(C)C1C. The molecule has 1 saturated carbocycles. The third-order valence-corrected chi connectivity index (χ3v) is 4.47. The molecule has 3 nitrogen and oxygen atoms in total. The van der Waals surface area contributed by atoms with Crippen molar-refractivity contribution in [1.82, 2.24) is 4.90 Å². The summed E-state index contributed by atoms with van der Waals surface area (Å²) in [6, 6.07) is 0.575. The maximum atomic E-state index is 11.0. The first kappa shape index (κ1) is 14.5. The van der Waals surface area contributed by atoms with E-state index in [9.17, 15) is 4.79 Å². The largest absolute Gasteiger partial charge is 0.481 e. The Bertz CT molecular complexity index is 255. The zero-order chi connectivity index (χ0) is 13.0. The Kier molecular flexibility index (Phi) is 5.44. The van der Waals surface area contributed by atoms with Gasteiger partial charge in [0.25, 0.3) is 0 Å². The van der Waals surface area contributed by atoms with Gasteiger partial charge in [0.1, 0.15) is 0 Å². The van der Waals surface area contributed by atoms with E-state index in [1.54, 1.807) is 0 Å². The lowest BCUT2D eigenvalue weighted by Crippen LogP contribution is -2.46. The summed E-state index contributed by atoms with van der Waals surface area (Å²) < 4.78 is 0. The molecule has 1 aliphatic carbocycles.